The first kappa shape index (κ1) is 23.7. The normalized spacial score (nSPS) is 19.0. The molecule has 0 unspecified atom stereocenters. The van der Waals surface area contributed by atoms with E-state index in [1.54, 1.807) is 5.56 Å². The Kier molecular flexibility index (Phi) is 10.1. The van der Waals surface area contributed by atoms with E-state index in [4.69, 9.17) is 4.74 Å². The summed E-state index contributed by atoms with van der Waals surface area (Å²) in [4.78, 5) is 1.27. The molecule has 0 N–H and O–H groups in total. The standard InChI is InChI=1S/C27H37BrOS/c1-3-5-6-7-18-29-25-16-17-27(26(28)19-25)30-20-22-10-14-24(15-11-22)23-12-8-21(4-2)9-13-23/h10-11,14-17,19,21,23H,3-9,12-13,18,20H2,1-2H3/t21-,23-. The summed E-state index contributed by atoms with van der Waals surface area (Å²) in [6, 6.07) is 15.8. The maximum absolute atomic E-state index is 5.90. The molecule has 2 aromatic carbocycles. The van der Waals surface area contributed by atoms with Crippen LogP contribution in [0.1, 0.15) is 88.7 Å². The van der Waals surface area contributed by atoms with Crippen molar-refractivity contribution in [1.82, 2.24) is 0 Å². The van der Waals surface area contributed by atoms with Crippen LogP contribution < -0.4 is 4.74 Å². The Hall–Kier alpha value is -0.930. The summed E-state index contributed by atoms with van der Waals surface area (Å²) < 4.78 is 7.02. The lowest BCUT2D eigenvalue weighted by Gasteiger charge is -2.28. The van der Waals surface area contributed by atoms with Crippen LogP contribution in [-0.2, 0) is 5.75 Å². The average molecular weight is 490 g/mol. The number of hydrogen-bond acceptors (Lipinski definition) is 2. The fourth-order valence-corrected chi connectivity index (χ4v) is 5.94. The molecular formula is C27H37BrOS. The van der Waals surface area contributed by atoms with Gasteiger partial charge >= 0.3 is 0 Å². The third kappa shape index (κ3) is 7.34. The molecule has 1 nitrogen and oxygen atoms in total. The molecule has 0 spiro atoms. The molecule has 3 heteroatoms. The third-order valence-electron chi connectivity index (χ3n) is 6.44. The minimum Gasteiger partial charge on any atom is -0.494 e. The van der Waals surface area contributed by atoms with Crippen molar-refractivity contribution in [3.63, 3.8) is 0 Å². The van der Waals surface area contributed by atoms with Gasteiger partial charge in [0, 0.05) is 15.1 Å². The van der Waals surface area contributed by atoms with Gasteiger partial charge in [-0.3, -0.25) is 0 Å². The van der Waals surface area contributed by atoms with Gasteiger partial charge in [-0.1, -0.05) is 63.8 Å². The van der Waals surface area contributed by atoms with Gasteiger partial charge < -0.3 is 4.74 Å². The lowest BCUT2D eigenvalue weighted by atomic mass is 9.78. The van der Waals surface area contributed by atoms with Gasteiger partial charge in [-0.05, 0) is 89.2 Å². The molecule has 0 radical (unpaired) electrons. The van der Waals surface area contributed by atoms with Crippen molar-refractivity contribution >= 4 is 27.7 Å². The van der Waals surface area contributed by atoms with E-state index >= 15 is 0 Å². The minimum atomic E-state index is 0.776. The second-order valence-electron chi connectivity index (χ2n) is 8.66. The topological polar surface area (TPSA) is 9.23 Å². The summed E-state index contributed by atoms with van der Waals surface area (Å²) in [5.41, 5.74) is 2.94. The van der Waals surface area contributed by atoms with E-state index in [0.29, 0.717) is 0 Å². The van der Waals surface area contributed by atoms with Gasteiger partial charge in [0.1, 0.15) is 5.75 Å². The molecule has 3 rings (SSSR count). The first-order valence-electron chi connectivity index (χ1n) is 11.8. The highest BCUT2D eigenvalue weighted by atomic mass is 79.9. The highest BCUT2D eigenvalue weighted by Gasteiger charge is 2.21. The zero-order chi connectivity index (χ0) is 21.2. The Labute approximate surface area is 196 Å². The van der Waals surface area contributed by atoms with Crippen LogP contribution in [0.4, 0.5) is 0 Å². The molecule has 0 bridgehead atoms. The smallest absolute Gasteiger partial charge is 0.120 e. The Morgan fingerprint density at radius 2 is 1.70 bits per heavy atom. The molecule has 1 aliphatic rings. The molecule has 1 saturated carbocycles. The number of rotatable bonds is 11. The van der Waals surface area contributed by atoms with Crippen molar-refractivity contribution in [2.45, 2.75) is 88.2 Å². The third-order valence-corrected chi connectivity index (χ3v) is 8.50. The second kappa shape index (κ2) is 12.8. The molecule has 0 amide bonds. The average Bonchev–Trinajstić information content (AvgIpc) is 2.79. The lowest BCUT2D eigenvalue weighted by Crippen LogP contribution is -2.12. The van der Waals surface area contributed by atoms with E-state index in [2.05, 4.69) is 72.2 Å². The van der Waals surface area contributed by atoms with Crippen LogP contribution in [-0.4, -0.2) is 6.61 Å². The number of benzene rings is 2. The Bertz CT molecular complexity index is 750. The minimum absolute atomic E-state index is 0.776. The maximum Gasteiger partial charge on any atom is 0.120 e. The molecule has 0 heterocycles. The van der Waals surface area contributed by atoms with Crippen LogP contribution >= 0.6 is 27.7 Å². The highest BCUT2D eigenvalue weighted by Crippen LogP contribution is 2.37. The first-order valence-corrected chi connectivity index (χ1v) is 13.6. The van der Waals surface area contributed by atoms with Crippen molar-refractivity contribution in [1.29, 1.82) is 0 Å². The molecular weight excluding hydrogens is 452 g/mol. The molecule has 0 saturated heterocycles. The van der Waals surface area contributed by atoms with Gasteiger partial charge in [-0.25, -0.2) is 0 Å². The summed E-state index contributed by atoms with van der Waals surface area (Å²) in [5.74, 6) is 3.70. The van der Waals surface area contributed by atoms with Crippen LogP contribution in [0.5, 0.6) is 5.75 Å². The fraction of sp³-hybridized carbons (Fsp3) is 0.556. The molecule has 0 aromatic heterocycles. The first-order chi connectivity index (χ1) is 14.7. The van der Waals surface area contributed by atoms with E-state index in [0.717, 1.165) is 40.8 Å². The van der Waals surface area contributed by atoms with Crippen LogP contribution in [0.15, 0.2) is 51.8 Å². The van der Waals surface area contributed by atoms with Gasteiger partial charge in [0.15, 0.2) is 0 Å². The molecule has 0 aliphatic heterocycles. The predicted octanol–water partition coefficient (Wildman–Crippen LogP) is 9.38. The molecule has 1 aliphatic carbocycles. The van der Waals surface area contributed by atoms with Crippen molar-refractivity contribution in [2.75, 3.05) is 6.61 Å². The van der Waals surface area contributed by atoms with E-state index in [1.807, 2.05) is 11.8 Å². The van der Waals surface area contributed by atoms with Gasteiger partial charge in [0.2, 0.25) is 0 Å². The summed E-state index contributed by atoms with van der Waals surface area (Å²) in [6.07, 6.45) is 11.9. The fourth-order valence-electron chi connectivity index (χ4n) is 4.36. The predicted molar refractivity (Wildman–Crippen MR) is 135 cm³/mol. The number of unbranched alkanes of at least 4 members (excludes halogenated alkanes) is 3. The van der Waals surface area contributed by atoms with Gasteiger partial charge in [0.05, 0.1) is 6.61 Å². The van der Waals surface area contributed by atoms with Crippen LogP contribution in [0.3, 0.4) is 0 Å². The number of halogens is 1. The van der Waals surface area contributed by atoms with Crippen LogP contribution in [0, 0.1) is 5.92 Å². The van der Waals surface area contributed by atoms with Gasteiger partial charge in [-0.2, -0.15) is 0 Å². The van der Waals surface area contributed by atoms with E-state index in [-0.39, 0.29) is 0 Å². The number of thioether (sulfide) groups is 1. The van der Waals surface area contributed by atoms with Crippen LogP contribution in [0.2, 0.25) is 0 Å². The zero-order valence-electron chi connectivity index (χ0n) is 18.7. The molecule has 0 atom stereocenters. The van der Waals surface area contributed by atoms with Crippen molar-refractivity contribution in [3.8, 4) is 5.75 Å². The molecule has 164 valence electrons. The monoisotopic (exact) mass is 488 g/mol. The maximum atomic E-state index is 5.90. The van der Waals surface area contributed by atoms with Crippen LogP contribution in [0.25, 0.3) is 0 Å². The summed E-state index contributed by atoms with van der Waals surface area (Å²) in [7, 11) is 0. The summed E-state index contributed by atoms with van der Waals surface area (Å²) in [6.45, 7) is 5.39. The second-order valence-corrected chi connectivity index (χ2v) is 10.5. The number of hydrogen-bond donors (Lipinski definition) is 0. The van der Waals surface area contributed by atoms with E-state index < -0.39 is 0 Å². The van der Waals surface area contributed by atoms with E-state index in [9.17, 15) is 0 Å². The Balaban J connectivity index is 1.46. The Morgan fingerprint density at radius 3 is 2.37 bits per heavy atom. The van der Waals surface area contributed by atoms with Crippen molar-refractivity contribution in [2.24, 2.45) is 5.92 Å². The van der Waals surface area contributed by atoms with Gasteiger partial charge in [0.25, 0.3) is 0 Å². The molecule has 30 heavy (non-hydrogen) atoms. The highest BCUT2D eigenvalue weighted by molar-refractivity contribution is 9.10. The van der Waals surface area contributed by atoms with Crippen molar-refractivity contribution in [3.05, 3.63) is 58.1 Å². The SMILES string of the molecule is CCCCCCOc1ccc(SCc2ccc([C@H]3CC[C@H](CC)CC3)cc2)c(Br)c1. The summed E-state index contributed by atoms with van der Waals surface area (Å²) >= 11 is 5.61. The molecule has 1 fully saturated rings. The largest absolute Gasteiger partial charge is 0.494 e. The lowest BCUT2D eigenvalue weighted by molar-refractivity contribution is 0.304. The zero-order valence-corrected chi connectivity index (χ0v) is 21.1. The summed E-state index contributed by atoms with van der Waals surface area (Å²) in [5, 5.41) is 0. The van der Waals surface area contributed by atoms with Gasteiger partial charge in [-0.15, -0.1) is 11.8 Å². The number of ether oxygens (including phenoxy) is 1. The van der Waals surface area contributed by atoms with Crippen molar-refractivity contribution < 1.29 is 4.74 Å². The Morgan fingerprint density at radius 1 is 0.933 bits per heavy atom. The van der Waals surface area contributed by atoms with E-state index in [1.165, 1.54) is 61.8 Å². The quantitative estimate of drug-likeness (QED) is 0.230. The molecule has 2 aromatic rings.